The molecule has 0 N–H and O–H groups in total. The zero-order chi connectivity index (χ0) is 21.1. The van der Waals surface area contributed by atoms with Gasteiger partial charge in [0.15, 0.2) is 0 Å². The number of para-hydroxylation sites is 1. The van der Waals surface area contributed by atoms with Gasteiger partial charge in [0.25, 0.3) is 0 Å². The SMILES string of the molecule is CC(C)(C)[C@H]1CCc2c(sc(N=Cc3cccc(Oc4ccccc4)c3)c2C#N)C1. The lowest BCUT2D eigenvalue weighted by Crippen LogP contribution is -2.26. The number of fused-ring (bicyclic) bond motifs is 1. The summed E-state index contributed by atoms with van der Waals surface area (Å²) in [5, 5.41) is 10.6. The summed E-state index contributed by atoms with van der Waals surface area (Å²) in [7, 11) is 0. The summed E-state index contributed by atoms with van der Waals surface area (Å²) in [6.45, 7) is 6.93. The molecule has 4 rings (SSSR count). The van der Waals surface area contributed by atoms with Gasteiger partial charge in [0.2, 0.25) is 0 Å². The molecule has 30 heavy (non-hydrogen) atoms. The molecule has 3 aromatic rings. The van der Waals surface area contributed by atoms with Crippen LogP contribution in [0.3, 0.4) is 0 Å². The van der Waals surface area contributed by atoms with Crippen molar-refractivity contribution in [2.24, 2.45) is 16.3 Å². The lowest BCUT2D eigenvalue weighted by atomic mass is 9.72. The van der Waals surface area contributed by atoms with Crippen LogP contribution >= 0.6 is 11.3 Å². The number of nitriles is 1. The highest BCUT2D eigenvalue weighted by molar-refractivity contribution is 7.16. The second-order valence-electron chi connectivity index (χ2n) is 8.85. The van der Waals surface area contributed by atoms with Crippen LogP contribution < -0.4 is 4.74 Å². The summed E-state index contributed by atoms with van der Waals surface area (Å²) in [5.74, 6) is 2.22. The lowest BCUT2D eigenvalue weighted by Gasteiger charge is -2.33. The van der Waals surface area contributed by atoms with Crippen LogP contribution in [0.2, 0.25) is 0 Å². The number of aliphatic imine (C=N–C) groups is 1. The number of thiophene rings is 1. The number of nitrogens with zero attached hydrogens (tertiary/aromatic N) is 2. The standard InChI is InChI=1S/C26H26N2OS/c1-26(2,3)19-12-13-22-23(16-27)25(30-24(22)15-19)28-17-18-8-7-11-21(14-18)29-20-9-5-4-6-10-20/h4-11,14,17,19H,12-13,15H2,1-3H3/t19-/m0/s1. The van der Waals surface area contributed by atoms with Crippen LogP contribution in [0.15, 0.2) is 59.6 Å². The van der Waals surface area contributed by atoms with Gasteiger partial charge in [0, 0.05) is 11.1 Å². The third-order valence-electron chi connectivity index (χ3n) is 5.75. The summed E-state index contributed by atoms with van der Waals surface area (Å²) in [4.78, 5) is 6.04. The second-order valence-corrected chi connectivity index (χ2v) is 9.93. The predicted octanol–water partition coefficient (Wildman–Crippen LogP) is 7.31. The lowest BCUT2D eigenvalue weighted by molar-refractivity contribution is 0.218. The third kappa shape index (κ3) is 4.47. The van der Waals surface area contributed by atoms with E-state index in [1.54, 1.807) is 11.3 Å². The van der Waals surface area contributed by atoms with Crippen LogP contribution in [0.4, 0.5) is 5.00 Å². The van der Waals surface area contributed by atoms with Crippen LogP contribution in [0, 0.1) is 22.7 Å². The van der Waals surface area contributed by atoms with Crippen molar-refractivity contribution in [1.29, 1.82) is 5.26 Å². The Hall–Kier alpha value is -2.90. The minimum Gasteiger partial charge on any atom is -0.457 e. The van der Waals surface area contributed by atoms with E-state index < -0.39 is 0 Å². The van der Waals surface area contributed by atoms with E-state index in [-0.39, 0.29) is 5.41 Å². The van der Waals surface area contributed by atoms with Gasteiger partial charge in [-0.25, -0.2) is 4.99 Å². The largest absolute Gasteiger partial charge is 0.457 e. The van der Waals surface area contributed by atoms with Gasteiger partial charge in [0.1, 0.15) is 22.6 Å². The summed E-state index contributed by atoms with van der Waals surface area (Å²) in [6, 6.07) is 20.0. The van der Waals surface area contributed by atoms with Crippen LogP contribution in [0.1, 0.15) is 48.8 Å². The molecular weight excluding hydrogens is 388 g/mol. The fourth-order valence-corrected chi connectivity index (χ4v) is 5.15. The Morgan fingerprint density at radius 1 is 1.10 bits per heavy atom. The van der Waals surface area contributed by atoms with Crippen molar-refractivity contribution < 1.29 is 4.74 Å². The van der Waals surface area contributed by atoms with Crippen LogP contribution in [0.5, 0.6) is 11.5 Å². The molecule has 0 saturated heterocycles. The Labute approximate surface area is 182 Å². The highest BCUT2D eigenvalue weighted by Gasteiger charge is 2.32. The first kappa shape index (κ1) is 20.4. The predicted molar refractivity (Wildman–Crippen MR) is 124 cm³/mol. The zero-order valence-electron chi connectivity index (χ0n) is 17.7. The molecular formula is C26H26N2OS. The van der Waals surface area contributed by atoms with E-state index in [0.717, 1.165) is 46.9 Å². The number of benzene rings is 2. The van der Waals surface area contributed by atoms with E-state index in [4.69, 9.17) is 9.73 Å². The Morgan fingerprint density at radius 3 is 2.60 bits per heavy atom. The van der Waals surface area contributed by atoms with E-state index >= 15 is 0 Å². The zero-order valence-corrected chi connectivity index (χ0v) is 18.5. The summed E-state index contributed by atoms with van der Waals surface area (Å²) in [6.07, 6.45) is 5.00. The van der Waals surface area contributed by atoms with Crippen molar-refractivity contribution in [2.75, 3.05) is 0 Å². The van der Waals surface area contributed by atoms with Crippen molar-refractivity contribution in [3.8, 4) is 17.6 Å². The molecule has 0 spiro atoms. The quantitative estimate of drug-likeness (QED) is 0.420. The Kier molecular flexibility index (Phi) is 5.74. The molecule has 1 atom stereocenters. The first-order valence-electron chi connectivity index (χ1n) is 10.4. The van der Waals surface area contributed by atoms with E-state index in [2.05, 4.69) is 26.8 Å². The molecule has 0 amide bonds. The van der Waals surface area contributed by atoms with Gasteiger partial charge in [-0.1, -0.05) is 51.1 Å². The Balaban J connectivity index is 1.56. The summed E-state index contributed by atoms with van der Waals surface area (Å²) in [5.41, 5.74) is 3.22. The van der Waals surface area contributed by atoms with E-state index in [1.165, 1.54) is 10.4 Å². The molecule has 2 aromatic carbocycles. The van der Waals surface area contributed by atoms with Gasteiger partial charge in [-0.05, 0) is 66.0 Å². The van der Waals surface area contributed by atoms with E-state index in [0.29, 0.717) is 5.92 Å². The van der Waals surface area contributed by atoms with Crippen molar-refractivity contribution in [1.82, 2.24) is 0 Å². The first-order chi connectivity index (χ1) is 14.4. The number of hydrogen-bond acceptors (Lipinski definition) is 4. The molecule has 0 bridgehead atoms. The Bertz CT molecular complexity index is 1100. The van der Waals surface area contributed by atoms with Gasteiger partial charge in [-0.15, -0.1) is 11.3 Å². The van der Waals surface area contributed by atoms with Gasteiger partial charge < -0.3 is 4.74 Å². The second kappa shape index (κ2) is 8.45. The highest BCUT2D eigenvalue weighted by Crippen LogP contribution is 2.44. The van der Waals surface area contributed by atoms with Crippen LogP contribution in [0.25, 0.3) is 0 Å². The fourth-order valence-electron chi connectivity index (χ4n) is 3.93. The topological polar surface area (TPSA) is 45.4 Å². The number of rotatable bonds is 4. The fraction of sp³-hybridized carbons (Fsp3) is 0.308. The van der Waals surface area contributed by atoms with Crippen molar-refractivity contribution in [3.05, 3.63) is 76.2 Å². The Morgan fingerprint density at radius 2 is 1.87 bits per heavy atom. The molecule has 3 nitrogen and oxygen atoms in total. The monoisotopic (exact) mass is 414 g/mol. The minimum absolute atomic E-state index is 0.289. The van der Waals surface area contributed by atoms with Crippen molar-refractivity contribution >= 4 is 22.6 Å². The van der Waals surface area contributed by atoms with Crippen LogP contribution in [-0.4, -0.2) is 6.21 Å². The number of hydrogen-bond donors (Lipinski definition) is 0. The maximum atomic E-state index is 9.76. The smallest absolute Gasteiger partial charge is 0.134 e. The number of ether oxygens (including phenoxy) is 1. The van der Waals surface area contributed by atoms with Crippen LogP contribution in [-0.2, 0) is 12.8 Å². The molecule has 0 radical (unpaired) electrons. The molecule has 0 aliphatic heterocycles. The first-order valence-corrected chi connectivity index (χ1v) is 11.2. The molecule has 1 aliphatic rings. The molecule has 1 heterocycles. The minimum atomic E-state index is 0.289. The average Bonchev–Trinajstić information content (AvgIpc) is 3.09. The molecule has 0 fully saturated rings. The molecule has 4 heteroatoms. The van der Waals surface area contributed by atoms with Gasteiger partial charge in [0.05, 0.1) is 5.56 Å². The average molecular weight is 415 g/mol. The summed E-state index contributed by atoms with van der Waals surface area (Å²) < 4.78 is 5.91. The maximum Gasteiger partial charge on any atom is 0.134 e. The summed E-state index contributed by atoms with van der Waals surface area (Å²) >= 11 is 1.68. The van der Waals surface area contributed by atoms with Crippen molar-refractivity contribution in [2.45, 2.75) is 40.0 Å². The van der Waals surface area contributed by atoms with Gasteiger partial charge in [-0.2, -0.15) is 5.26 Å². The van der Waals surface area contributed by atoms with Gasteiger partial charge in [-0.3, -0.25) is 0 Å². The molecule has 152 valence electrons. The third-order valence-corrected chi connectivity index (χ3v) is 6.91. The molecule has 0 saturated carbocycles. The van der Waals surface area contributed by atoms with E-state index in [1.807, 2.05) is 60.8 Å². The molecule has 1 aromatic heterocycles. The molecule has 1 aliphatic carbocycles. The van der Waals surface area contributed by atoms with E-state index in [9.17, 15) is 5.26 Å². The van der Waals surface area contributed by atoms with Crippen molar-refractivity contribution in [3.63, 3.8) is 0 Å². The normalized spacial score (nSPS) is 16.3. The molecule has 0 unspecified atom stereocenters. The maximum absolute atomic E-state index is 9.76. The van der Waals surface area contributed by atoms with Gasteiger partial charge >= 0.3 is 0 Å². The highest BCUT2D eigenvalue weighted by atomic mass is 32.1.